The van der Waals surface area contributed by atoms with Crippen molar-refractivity contribution in [2.24, 2.45) is 0 Å². The van der Waals surface area contributed by atoms with Gasteiger partial charge in [-0.25, -0.2) is 4.98 Å². The van der Waals surface area contributed by atoms with E-state index in [0.717, 1.165) is 13.0 Å². The summed E-state index contributed by atoms with van der Waals surface area (Å²) in [6.45, 7) is 2.98. The summed E-state index contributed by atoms with van der Waals surface area (Å²) in [5.74, 6) is 0.403. The molecule has 0 amide bonds. The Hall–Kier alpha value is -1.91. The molecule has 0 fully saturated rings. The lowest BCUT2D eigenvalue weighted by Crippen LogP contribution is -2.33. The van der Waals surface area contributed by atoms with E-state index in [2.05, 4.69) is 22.3 Å². The number of para-hydroxylation sites is 2. The molecule has 1 aromatic heterocycles. The Balaban J connectivity index is 2.01. The van der Waals surface area contributed by atoms with Crippen molar-refractivity contribution in [3.8, 4) is 0 Å². The highest BCUT2D eigenvalue weighted by Crippen LogP contribution is 2.07. The second kappa shape index (κ2) is 6.14. The quantitative estimate of drug-likeness (QED) is 0.482. The highest BCUT2D eigenvalue weighted by molar-refractivity contribution is 5.71. The topological polar surface area (TPSA) is 64.8 Å². The Morgan fingerprint density at radius 1 is 1.22 bits per heavy atom. The first-order valence-corrected chi connectivity index (χ1v) is 6.42. The predicted molar refractivity (Wildman–Crippen MR) is 71.1 cm³/mol. The Morgan fingerprint density at radius 2 is 2.06 bits per heavy atom. The van der Waals surface area contributed by atoms with E-state index in [9.17, 15) is 5.21 Å². The number of hydrogen-bond acceptors (Lipinski definition) is 4. The van der Waals surface area contributed by atoms with Gasteiger partial charge in [0.1, 0.15) is 5.52 Å². The second-order valence-electron chi connectivity index (χ2n) is 4.28. The predicted octanol–water partition coefficient (Wildman–Crippen LogP) is 2.26. The molecule has 0 bridgehead atoms. The van der Waals surface area contributed by atoms with Gasteiger partial charge in [-0.2, -0.15) is 0 Å². The number of nitrogens with one attached hydrogen (secondary N) is 1. The molecule has 2 rings (SSSR count). The molecule has 96 valence electrons. The lowest BCUT2D eigenvalue weighted by atomic mass is 10.2. The van der Waals surface area contributed by atoms with Crippen LogP contribution in [0, 0.1) is 5.21 Å². The van der Waals surface area contributed by atoms with Gasteiger partial charge in [0.25, 0.3) is 11.5 Å². The molecule has 2 aromatic rings. The zero-order valence-corrected chi connectivity index (χ0v) is 10.6. The summed E-state index contributed by atoms with van der Waals surface area (Å²) in [5.41, 5.74) is 1.16. The number of nitrogens with zero attached hydrogens (tertiary/aromatic N) is 3. The minimum absolute atomic E-state index is 0.403. The second-order valence-corrected chi connectivity index (χ2v) is 4.28. The van der Waals surface area contributed by atoms with Gasteiger partial charge in [-0.3, -0.25) is 0 Å². The van der Waals surface area contributed by atoms with Crippen LogP contribution in [-0.4, -0.2) is 16.6 Å². The molecule has 0 aliphatic carbocycles. The van der Waals surface area contributed by atoms with E-state index in [4.69, 9.17) is 0 Å². The molecular weight excluding hydrogens is 228 g/mol. The molecule has 0 aliphatic rings. The van der Waals surface area contributed by atoms with Crippen LogP contribution in [0.1, 0.15) is 32.6 Å². The maximum absolute atomic E-state index is 11.7. The van der Waals surface area contributed by atoms with Gasteiger partial charge >= 0.3 is 0 Å². The van der Waals surface area contributed by atoms with E-state index in [1.54, 1.807) is 12.1 Å². The van der Waals surface area contributed by atoms with Crippen molar-refractivity contribution in [3.05, 3.63) is 29.5 Å². The average Bonchev–Trinajstić information content (AvgIpc) is 2.39. The van der Waals surface area contributed by atoms with Crippen molar-refractivity contribution >= 4 is 17.0 Å². The van der Waals surface area contributed by atoms with Gasteiger partial charge in [0, 0.05) is 12.6 Å². The van der Waals surface area contributed by atoms with Crippen LogP contribution in [0.15, 0.2) is 24.3 Å². The molecule has 1 heterocycles. The molecule has 5 nitrogen and oxygen atoms in total. The van der Waals surface area contributed by atoms with Gasteiger partial charge in [-0.1, -0.05) is 38.3 Å². The van der Waals surface area contributed by atoms with Crippen molar-refractivity contribution in [3.63, 3.8) is 0 Å². The molecule has 0 aliphatic heterocycles. The van der Waals surface area contributed by atoms with E-state index >= 15 is 0 Å². The molecule has 1 N–H and O–H groups in total. The lowest BCUT2D eigenvalue weighted by Gasteiger charge is -2.04. The summed E-state index contributed by atoms with van der Waals surface area (Å²) in [7, 11) is 0. The third-order valence-corrected chi connectivity index (χ3v) is 2.81. The first-order valence-electron chi connectivity index (χ1n) is 6.42. The smallest absolute Gasteiger partial charge is 0.290 e. The van der Waals surface area contributed by atoms with E-state index < -0.39 is 0 Å². The van der Waals surface area contributed by atoms with E-state index in [-0.39, 0.29) is 0 Å². The highest BCUT2D eigenvalue weighted by Gasteiger charge is 2.08. The fourth-order valence-corrected chi connectivity index (χ4v) is 1.82. The van der Waals surface area contributed by atoms with Gasteiger partial charge in [0.2, 0.25) is 0 Å². The summed E-state index contributed by atoms with van der Waals surface area (Å²) in [5, 5.41) is 18.6. The SMILES string of the molecule is CCCCCCNc1nc2ccccc2[n+]([O-])n1. The first kappa shape index (κ1) is 12.5. The van der Waals surface area contributed by atoms with Gasteiger partial charge < -0.3 is 10.5 Å². The Morgan fingerprint density at radius 3 is 2.89 bits per heavy atom. The molecule has 0 radical (unpaired) electrons. The molecule has 5 heteroatoms. The van der Waals surface area contributed by atoms with Crippen LogP contribution in [0.25, 0.3) is 11.0 Å². The van der Waals surface area contributed by atoms with E-state index in [0.29, 0.717) is 21.8 Å². The maximum atomic E-state index is 11.7. The van der Waals surface area contributed by atoms with E-state index in [1.807, 2.05) is 12.1 Å². The molecule has 0 spiro atoms. The number of rotatable bonds is 6. The lowest BCUT2D eigenvalue weighted by molar-refractivity contribution is -0.641. The number of anilines is 1. The summed E-state index contributed by atoms with van der Waals surface area (Å²) in [6, 6.07) is 7.19. The normalized spacial score (nSPS) is 10.7. The van der Waals surface area contributed by atoms with Crippen LogP contribution in [-0.2, 0) is 0 Å². The van der Waals surface area contributed by atoms with Crippen LogP contribution in [0.5, 0.6) is 0 Å². The number of unbranched alkanes of at least 4 members (excludes halogenated alkanes) is 3. The number of benzene rings is 1. The molecule has 0 saturated heterocycles. The third-order valence-electron chi connectivity index (χ3n) is 2.81. The van der Waals surface area contributed by atoms with Crippen LogP contribution in [0.3, 0.4) is 0 Å². The van der Waals surface area contributed by atoms with Gasteiger partial charge in [0.15, 0.2) is 0 Å². The van der Waals surface area contributed by atoms with Crippen LogP contribution in [0.2, 0.25) is 0 Å². The Labute approximate surface area is 106 Å². The van der Waals surface area contributed by atoms with Crippen LogP contribution < -0.4 is 10.2 Å². The van der Waals surface area contributed by atoms with Gasteiger partial charge in [-0.05, 0) is 17.3 Å². The summed E-state index contributed by atoms with van der Waals surface area (Å²) in [6.07, 6.45) is 4.71. The van der Waals surface area contributed by atoms with Crippen molar-refractivity contribution in [1.29, 1.82) is 0 Å². The van der Waals surface area contributed by atoms with Crippen molar-refractivity contribution in [1.82, 2.24) is 10.1 Å². The maximum Gasteiger partial charge on any atom is 0.290 e. The van der Waals surface area contributed by atoms with Gasteiger partial charge in [0.05, 0.1) is 5.10 Å². The van der Waals surface area contributed by atoms with Crippen molar-refractivity contribution in [2.75, 3.05) is 11.9 Å². The fraction of sp³-hybridized carbons (Fsp3) is 0.462. The summed E-state index contributed by atoms with van der Waals surface area (Å²) in [4.78, 5) is 4.93. The third kappa shape index (κ3) is 3.06. The van der Waals surface area contributed by atoms with Gasteiger partial charge in [-0.15, -0.1) is 0 Å². The monoisotopic (exact) mass is 246 g/mol. The summed E-state index contributed by atoms with van der Waals surface area (Å²) < 4.78 is 0. The molecule has 0 unspecified atom stereocenters. The Bertz CT molecular complexity index is 515. The fourth-order valence-electron chi connectivity index (χ4n) is 1.82. The molecule has 0 atom stereocenters. The standard InChI is InChI=1S/C13H18N4O/c1-2-3-4-7-10-14-13-15-11-8-5-6-9-12(11)17(18)16-13/h5-6,8-9H,2-4,7,10H2,1H3,(H,14,15,16). The highest BCUT2D eigenvalue weighted by atomic mass is 16.5. The zero-order chi connectivity index (χ0) is 12.8. The first-order chi connectivity index (χ1) is 8.81. The molecular formula is C13H18N4O. The van der Waals surface area contributed by atoms with Crippen LogP contribution in [0.4, 0.5) is 5.95 Å². The van der Waals surface area contributed by atoms with Crippen LogP contribution >= 0.6 is 0 Å². The minimum atomic E-state index is 0.403. The Kier molecular flexibility index (Phi) is 4.28. The zero-order valence-electron chi connectivity index (χ0n) is 10.6. The molecule has 18 heavy (non-hydrogen) atoms. The number of aromatic nitrogens is 3. The minimum Gasteiger partial charge on any atom is -0.594 e. The molecule has 1 aromatic carbocycles. The van der Waals surface area contributed by atoms with Crippen molar-refractivity contribution in [2.45, 2.75) is 32.6 Å². The van der Waals surface area contributed by atoms with E-state index in [1.165, 1.54) is 19.3 Å². The molecule has 0 saturated carbocycles. The number of fused-ring (bicyclic) bond motifs is 1. The average molecular weight is 246 g/mol. The largest absolute Gasteiger partial charge is 0.594 e. The summed E-state index contributed by atoms with van der Waals surface area (Å²) >= 11 is 0. The van der Waals surface area contributed by atoms with Crippen molar-refractivity contribution < 1.29 is 4.85 Å². The number of hydrogen-bond donors (Lipinski definition) is 1.